The molecule has 1 N–H and O–H groups in total. The van der Waals surface area contributed by atoms with E-state index < -0.39 is 0 Å². The number of ether oxygens (including phenoxy) is 1. The number of nitrogens with one attached hydrogen (secondary N) is 1. The first-order valence-electron chi connectivity index (χ1n) is 5.82. The summed E-state index contributed by atoms with van der Waals surface area (Å²) >= 11 is 6.01. The zero-order chi connectivity index (χ0) is 12.7. The number of carbonyl (C=O) groups is 1. The summed E-state index contributed by atoms with van der Waals surface area (Å²) in [5.41, 5.74) is 1.11. The van der Waals surface area contributed by atoms with E-state index in [1.165, 1.54) is 0 Å². The molecule has 0 radical (unpaired) electrons. The molecule has 0 aliphatic carbocycles. The highest BCUT2D eigenvalue weighted by Gasteiger charge is 2.08. The third-order valence-corrected chi connectivity index (χ3v) is 2.89. The van der Waals surface area contributed by atoms with Gasteiger partial charge < -0.3 is 10.1 Å². The fraction of sp³-hybridized carbons (Fsp3) is 0.462. The van der Waals surface area contributed by atoms with Crippen LogP contribution in [0.25, 0.3) is 0 Å². The van der Waals surface area contributed by atoms with Crippen molar-refractivity contribution in [3.63, 3.8) is 0 Å². The molecule has 0 aromatic heterocycles. The van der Waals surface area contributed by atoms with E-state index in [4.69, 9.17) is 16.3 Å². The number of hydrogen-bond donors (Lipinski definition) is 1. The lowest BCUT2D eigenvalue weighted by atomic mass is 10.0. The maximum atomic E-state index is 10.4. The molecule has 17 heavy (non-hydrogen) atoms. The Labute approximate surface area is 107 Å². The Hall–Kier alpha value is -1.22. The second-order valence-corrected chi connectivity index (χ2v) is 4.20. The van der Waals surface area contributed by atoms with E-state index in [-0.39, 0.29) is 6.04 Å². The molecular weight excluding hydrogens is 238 g/mol. The first kappa shape index (κ1) is 13.8. The second-order valence-electron chi connectivity index (χ2n) is 3.79. The standard InChI is InChI=1S/C13H18ClNO2/c1-3-11(15-9-16)7-10-5-6-12(14)13(8-10)17-4-2/h5-6,8-9,11H,3-4,7H2,1-2H3,(H,15,16)/t11-/m0/s1. The van der Waals surface area contributed by atoms with Gasteiger partial charge in [-0.2, -0.15) is 0 Å². The zero-order valence-electron chi connectivity index (χ0n) is 10.2. The van der Waals surface area contributed by atoms with Crippen LogP contribution in [0, 0.1) is 0 Å². The third kappa shape index (κ3) is 4.27. The molecule has 0 unspecified atom stereocenters. The van der Waals surface area contributed by atoms with Gasteiger partial charge in [0.1, 0.15) is 5.75 Å². The minimum absolute atomic E-state index is 0.156. The van der Waals surface area contributed by atoms with Crippen molar-refractivity contribution in [3.8, 4) is 5.75 Å². The first-order chi connectivity index (χ1) is 8.21. The molecule has 1 aromatic carbocycles. The van der Waals surface area contributed by atoms with Crippen molar-refractivity contribution in [3.05, 3.63) is 28.8 Å². The molecule has 0 saturated heterocycles. The van der Waals surface area contributed by atoms with Gasteiger partial charge in [0, 0.05) is 6.04 Å². The van der Waals surface area contributed by atoms with Crippen LogP contribution in [-0.4, -0.2) is 19.1 Å². The number of hydrogen-bond acceptors (Lipinski definition) is 2. The number of amides is 1. The molecule has 1 rings (SSSR count). The highest BCUT2D eigenvalue weighted by molar-refractivity contribution is 6.32. The Morgan fingerprint density at radius 1 is 1.47 bits per heavy atom. The van der Waals surface area contributed by atoms with E-state index in [1.807, 2.05) is 32.0 Å². The molecule has 0 saturated carbocycles. The van der Waals surface area contributed by atoms with Crippen molar-refractivity contribution in [2.75, 3.05) is 6.61 Å². The summed E-state index contributed by atoms with van der Waals surface area (Å²) in [7, 11) is 0. The molecule has 4 heteroatoms. The minimum atomic E-state index is 0.156. The average molecular weight is 256 g/mol. The molecule has 0 fully saturated rings. The number of benzene rings is 1. The summed E-state index contributed by atoms with van der Waals surface area (Å²) in [6, 6.07) is 5.87. The van der Waals surface area contributed by atoms with Gasteiger partial charge in [-0.25, -0.2) is 0 Å². The Kier molecular flexibility index (Phi) is 5.84. The molecule has 1 amide bonds. The zero-order valence-corrected chi connectivity index (χ0v) is 11.0. The fourth-order valence-electron chi connectivity index (χ4n) is 1.64. The lowest BCUT2D eigenvalue weighted by Gasteiger charge is -2.15. The van der Waals surface area contributed by atoms with E-state index in [1.54, 1.807) is 0 Å². The molecule has 1 aromatic rings. The quantitative estimate of drug-likeness (QED) is 0.761. The largest absolute Gasteiger partial charge is 0.492 e. The molecular formula is C13H18ClNO2. The van der Waals surface area contributed by atoms with E-state index in [2.05, 4.69) is 5.32 Å². The van der Waals surface area contributed by atoms with Crippen molar-refractivity contribution in [1.29, 1.82) is 0 Å². The molecule has 0 aliphatic rings. The van der Waals surface area contributed by atoms with Gasteiger partial charge in [0.2, 0.25) is 6.41 Å². The molecule has 0 heterocycles. The summed E-state index contributed by atoms with van der Waals surface area (Å²) in [4.78, 5) is 10.4. The number of carbonyl (C=O) groups excluding carboxylic acids is 1. The number of halogens is 1. The van der Waals surface area contributed by atoms with Gasteiger partial charge in [0.05, 0.1) is 11.6 Å². The van der Waals surface area contributed by atoms with Crippen LogP contribution < -0.4 is 10.1 Å². The van der Waals surface area contributed by atoms with Crippen molar-refractivity contribution in [2.45, 2.75) is 32.7 Å². The van der Waals surface area contributed by atoms with Crippen LogP contribution in [-0.2, 0) is 11.2 Å². The molecule has 0 aliphatic heterocycles. The fourth-order valence-corrected chi connectivity index (χ4v) is 1.81. The Balaban J connectivity index is 2.76. The SMILES string of the molecule is CCOc1cc(C[C@H](CC)NC=O)ccc1Cl. The minimum Gasteiger partial charge on any atom is -0.492 e. The summed E-state index contributed by atoms with van der Waals surface area (Å²) in [5.74, 6) is 0.702. The molecule has 94 valence electrons. The van der Waals surface area contributed by atoms with Gasteiger partial charge in [-0.15, -0.1) is 0 Å². The van der Waals surface area contributed by atoms with Crippen LogP contribution in [0.2, 0.25) is 5.02 Å². The van der Waals surface area contributed by atoms with Crippen molar-refractivity contribution < 1.29 is 9.53 Å². The van der Waals surface area contributed by atoms with Gasteiger partial charge in [-0.05, 0) is 37.5 Å². The predicted octanol–water partition coefficient (Wildman–Crippen LogP) is 2.81. The van der Waals surface area contributed by atoms with Crippen molar-refractivity contribution in [2.24, 2.45) is 0 Å². The molecule has 3 nitrogen and oxygen atoms in total. The summed E-state index contributed by atoms with van der Waals surface area (Å²) in [5, 5.41) is 3.41. The van der Waals surface area contributed by atoms with Crippen molar-refractivity contribution in [1.82, 2.24) is 5.32 Å². The van der Waals surface area contributed by atoms with Crippen molar-refractivity contribution >= 4 is 18.0 Å². The van der Waals surface area contributed by atoms with E-state index in [0.717, 1.165) is 24.8 Å². The molecule has 0 spiro atoms. The summed E-state index contributed by atoms with van der Waals surface area (Å²) in [6.45, 7) is 4.55. The lowest BCUT2D eigenvalue weighted by molar-refractivity contribution is -0.110. The Bertz CT molecular complexity index is 368. The van der Waals surface area contributed by atoms with Crippen LogP contribution in [0.5, 0.6) is 5.75 Å². The van der Waals surface area contributed by atoms with E-state index in [9.17, 15) is 4.79 Å². The van der Waals surface area contributed by atoms with E-state index >= 15 is 0 Å². The highest BCUT2D eigenvalue weighted by atomic mass is 35.5. The van der Waals surface area contributed by atoms with Crippen LogP contribution in [0.3, 0.4) is 0 Å². The van der Waals surface area contributed by atoms with Gasteiger partial charge in [-0.1, -0.05) is 24.6 Å². The lowest BCUT2D eigenvalue weighted by Crippen LogP contribution is -2.29. The van der Waals surface area contributed by atoms with Gasteiger partial charge in [0.25, 0.3) is 0 Å². The summed E-state index contributed by atoms with van der Waals surface area (Å²) < 4.78 is 5.43. The Morgan fingerprint density at radius 2 is 2.24 bits per heavy atom. The average Bonchev–Trinajstić information content (AvgIpc) is 2.33. The monoisotopic (exact) mass is 255 g/mol. The first-order valence-corrected chi connectivity index (χ1v) is 6.20. The molecule has 1 atom stereocenters. The van der Waals surface area contributed by atoms with Crippen LogP contribution in [0.4, 0.5) is 0 Å². The van der Waals surface area contributed by atoms with Gasteiger partial charge in [0.15, 0.2) is 0 Å². The summed E-state index contributed by atoms with van der Waals surface area (Å²) in [6.07, 6.45) is 2.42. The Morgan fingerprint density at radius 3 is 2.82 bits per heavy atom. The second kappa shape index (κ2) is 7.17. The maximum Gasteiger partial charge on any atom is 0.207 e. The van der Waals surface area contributed by atoms with Crippen LogP contribution in [0.1, 0.15) is 25.8 Å². The van der Waals surface area contributed by atoms with E-state index in [0.29, 0.717) is 17.4 Å². The smallest absolute Gasteiger partial charge is 0.207 e. The van der Waals surface area contributed by atoms with Gasteiger partial charge >= 0.3 is 0 Å². The molecule has 0 bridgehead atoms. The maximum absolute atomic E-state index is 10.4. The predicted molar refractivity (Wildman–Crippen MR) is 69.6 cm³/mol. The van der Waals surface area contributed by atoms with Gasteiger partial charge in [-0.3, -0.25) is 4.79 Å². The van der Waals surface area contributed by atoms with Crippen LogP contribution in [0.15, 0.2) is 18.2 Å². The normalized spacial score (nSPS) is 11.9. The van der Waals surface area contributed by atoms with Crippen LogP contribution >= 0.6 is 11.6 Å². The number of rotatable bonds is 7. The highest BCUT2D eigenvalue weighted by Crippen LogP contribution is 2.26. The topological polar surface area (TPSA) is 38.3 Å². The third-order valence-electron chi connectivity index (χ3n) is 2.57.